The lowest BCUT2D eigenvalue weighted by Gasteiger charge is -2.13. The molecule has 28 heavy (non-hydrogen) atoms. The molecule has 0 unspecified atom stereocenters. The van der Waals surface area contributed by atoms with E-state index in [0.717, 1.165) is 11.3 Å². The maximum atomic E-state index is 12.9. The molecule has 1 aromatic carbocycles. The molecule has 0 saturated carbocycles. The van der Waals surface area contributed by atoms with Crippen LogP contribution in [0.15, 0.2) is 79.3 Å². The molecule has 0 aliphatic carbocycles. The summed E-state index contributed by atoms with van der Waals surface area (Å²) in [7, 11) is 0. The third-order valence-corrected chi connectivity index (χ3v) is 4.43. The Kier molecular flexibility index (Phi) is 4.97. The Balaban J connectivity index is 1.64. The van der Waals surface area contributed by atoms with E-state index in [1.165, 1.54) is 0 Å². The van der Waals surface area contributed by atoms with Crippen molar-refractivity contribution in [1.29, 1.82) is 0 Å². The van der Waals surface area contributed by atoms with Crippen LogP contribution in [0.1, 0.15) is 34.7 Å². The average Bonchev–Trinajstić information content (AvgIpc) is 3.39. The van der Waals surface area contributed by atoms with E-state index in [1.54, 1.807) is 10.9 Å². The van der Waals surface area contributed by atoms with Gasteiger partial charge < -0.3 is 9.88 Å². The second-order valence-electron chi connectivity index (χ2n) is 6.44. The van der Waals surface area contributed by atoms with E-state index >= 15 is 0 Å². The van der Waals surface area contributed by atoms with Crippen molar-refractivity contribution in [3.8, 4) is 5.82 Å². The smallest absolute Gasteiger partial charge is 0.276 e. The van der Waals surface area contributed by atoms with Gasteiger partial charge in [-0.25, -0.2) is 4.68 Å². The summed E-state index contributed by atoms with van der Waals surface area (Å²) in [6, 6.07) is 19.1. The summed E-state index contributed by atoms with van der Waals surface area (Å²) in [5.74, 6) is 0.334. The number of carbonyl (C=O) groups is 1. The minimum Gasteiger partial charge on any atom is -0.342 e. The van der Waals surface area contributed by atoms with Crippen LogP contribution in [0.25, 0.3) is 5.82 Å². The van der Waals surface area contributed by atoms with Gasteiger partial charge in [-0.05, 0) is 36.8 Å². The van der Waals surface area contributed by atoms with E-state index in [1.807, 2.05) is 84.5 Å². The second kappa shape index (κ2) is 7.87. The lowest BCUT2D eigenvalue weighted by molar-refractivity contribution is 0.0934. The summed E-state index contributed by atoms with van der Waals surface area (Å²) in [4.78, 5) is 17.2. The van der Waals surface area contributed by atoms with E-state index in [4.69, 9.17) is 0 Å². The third kappa shape index (κ3) is 3.68. The molecule has 1 amide bonds. The molecule has 4 rings (SSSR count). The fourth-order valence-corrected chi connectivity index (χ4v) is 3.02. The van der Waals surface area contributed by atoms with Crippen molar-refractivity contribution in [1.82, 2.24) is 29.9 Å². The highest BCUT2D eigenvalue weighted by atomic mass is 16.2. The second-order valence-corrected chi connectivity index (χ2v) is 6.44. The van der Waals surface area contributed by atoms with Gasteiger partial charge in [-0.1, -0.05) is 41.6 Å². The molecule has 7 nitrogen and oxygen atoms in total. The Hall–Kier alpha value is -3.74. The summed E-state index contributed by atoms with van der Waals surface area (Å²) in [5.41, 5.74) is 2.14. The number of amides is 1. The quantitative estimate of drug-likeness (QED) is 0.564. The molecule has 3 aromatic heterocycles. The van der Waals surface area contributed by atoms with Crippen molar-refractivity contribution in [2.45, 2.75) is 19.5 Å². The van der Waals surface area contributed by atoms with E-state index in [0.29, 0.717) is 12.4 Å². The molecule has 0 bridgehead atoms. The Morgan fingerprint density at radius 1 is 1.04 bits per heavy atom. The standard InChI is InChI=1S/C21H20N6O/c1-16(18-11-5-6-12-22-18)23-20(28)19-21(26-13-7-8-14-26)27(25-24-19)15-17-9-3-2-4-10-17/h2-14,16H,15H2,1H3,(H,23,28)/t16-/m1/s1. The largest absolute Gasteiger partial charge is 0.342 e. The summed E-state index contributed by atoms with van der Waals surface area (Å²) in [6.07, 6.45) is 5.46. The number of aromatic nitrogens is 5. The maximum absolute atomic E-state index is 12.9. The Labute approximate surface area is 162 Å². The number of nitrogens with one attached hydrogen (secondary N) is 1. The SMILES string of the molecule is C[C@@H](NC(=O)c1nnn(Cc2ccccc2)c1-n1cccc1)c1ccccn1. The summed E-state index contributed by atoms with van der Waals surface area (Å²) < 4.78 is 3.58. The molecule has 7 heteroatoms. The Morgan fingerprint density at radius 2 is 1.79 bits per heavy atom. The number of benzene rings is 1. The van der Waals surface area contributed by atoms with Crippen LogP contribution in [0.5, 0.6) is 0 Å². The van der Waals surface area contributed by atoms with E-state index in [2.05, 4.69) is 20.6 Å². The van der Waals surface area contributed by atoms with Crippen molar-refractivity contribution >= 4 is 5.91 Å². The third-order valence-electron chi connectivity index (χ3n) is 4.43. The summed E-state index contributed by atoms with van der Waals surface area (Å²) in [6.45, 7) is 2.41. The number of carbonyl (C=O) groups excluding carboxylic acids is 1. The van der Waals surface area contributed by atoms with Crippen molar-refractivity contribution in [2.24, 2.45) is 0 Å². The van der Waals surface area contributed by atoms with Gasteiger partial charge in [0.15, 0.2) is 11.5 Å². The van der Waals surface area contributed by atoms with E-state index < -0.39 is 0 Å². The highest BCUT2D eigenvalue weighted by Gasteiger charge is 2.23. The number of hydrogen-bond donors (Lipinski definition) is 1. The fourth-order valence-electron chi connectivity index (χ4n) is 3.02. The van der Waals surface area contributed by atoms with Gasteiger partial charge in [0.2, 0.25) is 0 Å². The molecular formula is C21H20N6O. The van der Waals surface area contributed by atoms with E-state index in [9.17, 15) is 4.79 Å². The molecule has 140 valence electrons. The van der Waals surface area contributed by atoms with Crippen LogP contribution >= 0.6 is 0 Å². The lowest BCUT2D eigenvalue weighted by atomic mass is 10.2. The first-order valence-electron chi connectivity index (χ1n) is 9.05. The van der Waals surface area contributed by atoms with Gasteiger partial charge in [-0.2, -0.15) is 0 Å². The predicted molar refractivity (Wildman–Crippen MR) is 105 cm³/mol. The van der Waals surface area contributed by atoms with Gasteiger partial charge in [0.25, 0.3) is 5.91 Å². The van der Waals surface area contributed by atoms with Gasteiger partial charge in [0, 0.05) is 18.6 Å². The lowest BCUT2D eigenvalue weighted by Crippen LogP contribution is -2.28. The number of nitrogens with zero attached hydrogens (tertiary/aromatic N) is 5. The Bertz CT molecular complexity index is 1040. The van der Waals surface area contributed by atoms with Crippen LogP contribution in [0.4, 0.5) is 0 Å². The minimum absolute atomic E-state index is 0.245. The van der Waals surface area contributed by atoms with Crippen LogP contribution in [0.3, 0.4) is 0 Å². The predicted octanol–water partition coefficient (Wildman–Crippen LogP) is 3.00. The van der Waals surface area contributed by atoms with Crippen molar-refractivity contribution < 1.29 is 4.79 Å². The molecular weight excluding hydrogens is 352 g/mol. The first-order chi connectivity index (χ1) is 13.7. The van der Waals surface area contributed by atoms with Crippen LogP contribution in [0, 0.1) is 0 Å². The van der Waals surface area contributed by atoms with Crippen molar-refractivity contribution in [2.75, 3.05) is 0 Å². The van der Waals surface area contributed by atoms with Crippen LogP contribution in [-0.4, -0.2) is 30.5 Å². The number of hydrogen-bond acceptors (Lipinski definition) is 4. The first-order valence-corrected chi connectivity index (χ1v) is 9.05. The van der Waals surface area contributed by atoms with Gasteiger partial charge in [-0.3, -0.25) is 9.78 Å². The van der Waals surface area contributed by atoms with Gasteiger partial charge >= 0.3 is 0 Å². The molecule has 1 N–H and O–H groups in total. The van der Waals surface area contributed by atoms with Crippen LogP contribution in [-0.2, 0) is 6.54 Å². The minimum atomic E-state index is -0.291. The molecule has 0 fully saturated rings. The van der Waals surface area contributed by atoms with Gasteiger partial charge in [-0.15, -0.1) is 5.10 Å². The zero-order valence-corrected chi connectivity index (χ0v) is 15.4. The molecule has 0 spiro atoms. The maximum Gasteiger partial charge on any atom is 0.276 e. The number of pyridine rings is 1. The highest BCUT2D eigenvalue weighted by molar-refractivity contribution is 5.95. The van der Waals surface area contributed by atoms with E-state index in [-0.39, 0.29) is 17.6 Å². The molecule has 1 atom stereocenters. The number of rotatable bonds is 6. The topological polar surface area (TPSA) is 77.6 Å². The van der Waals surface area contributed by atoms with Crippen LogP contribution < -0.4 is 5.32 Å². The Morgan fingerprint density at radius 3 is 2.50 bits per heavy atom. The normalized spacial score (nSPS) is 11.9. The molecule has 0 saturated heterocycles. The van der Waals surface area contributed by atoms with Crippen molar-refractivity contribution in [3.63, 3.8) is 0 Å². The highest BCUT2D eigenvalue weighted by Crippen LogP contribution is 2.16. The molecule has 4 aromatic rings. The molecule has 0 radical (unpaired) electrons. The zero-order valence-electron chi connectivity index (χ0n) is 15.4. The van der Waals surface area contributed by atoms with Crippen LogP contribution in [0.2, 0.25) is 0 Å². The monoisotopic (exact) mass is 372 g/mol. The summed E-state index contributed by atoms with van der Waals surface area (Å²) >= 11 is 0. The molecule has 0 aliphatic heterocycles. The molecule has 0 aliphatic rings. The first kappa shape index (κ1) is 17.7. The zero-order chi connectivity index (χ0) is 19.3. The fraction of sp³-hybridized carbons (Fsp3) is 0.143. The summed E-state index contributed by atoms with van der Waals surface area (Å²) in [5, 5.41) is 11.4. The van der Waals surface area contributed by atoms with Crippen molar-refractivity contribution in [3.05, 3.63) is 96.2 Å². The van der Waals surface area contributed by atoms with Gasteiger partial charge in [0.05, 0.1) is 18.3 Å². The molecule has 3 heterocycles. The average molecular weight is 372 g/mol. The van der Waals surface area contributed by atoms with Gasteiger partial charge in [0.1, 0.15) is 0 Å².